The Kier molecular flexibility index (Phi) is 4.31. The van der Waals surface area contributed by atoms with Gasteiger partial charge in [-0.05, 0) is 46.1 Å². The fourth-order valence-electron chi connectivity index (χ4n) is 4.01. The largest absolute Gasteiger partial charge is 0.351 e. The molecule has 3 rings (SSSR count). The van der Waals surface area contributed by atoms with Gasteiger partial charge in [-0.2, -0.15) is 0 Å². The van der Waals surface area contributed by atoms with Crippen LogP contribution in [0, 0.1) is 0 Å². The first-order chi connectivity index (χ1) is 10.9. The van der Waals surface area contributed by atoms with Crippen molar-refractivity contribution in [2.24, 2.45) is 0 Å². The third-order valence-corrected chi connectivity index (χ3v) is 5.39. The molecule has 0 aromatic rings. The monoisotopic (exact) mass is 322 g/mol. The van der Waals surface area contributed by atoms with Crippen molar-refractivity contribution in [3.8, 4) is 0 Å². The van der Waals surface area contributed by atoms with E-state index < -0.39 is 17.6 Å². The summed E-state index contributed by atoms with van der Waals surface area (Å²) in [5.74, 6) is -0.482. The smallest absolute Gasteiger partial charge is 0.325 e. The number of nitrogens with zero attached hydrogens (tertiary/aromatic N) is 1. The quantitative estimate of drug-likeness (QED) is 0.660. The second kappa shape index (κ2) is 6.11. The fourth-order valence-corrected chi connectivity index (χ4v) is 4.01. The van der Waals surface area contributed by atoms with E-state index in [0.717, 1.165) is 37.1 Å². The normalized spacial score (nSPS) is 31.3. The highest BCUT2D eigenvalue weighted by molar-refractivity contribution is 6.09. The van der Waals surface area contributed by atoms with Crippen molar-refractivity contribution < 1.29 is 14.4 Å². The third-order valence-electron chi connectivity index (χ3n) is 5.39. The number of imide groups is 1. The van der Waals surface area contributed by atoms with E-state index in [9.17, 15) is 14.4 Å². The van der Waals surface area contributed by atoms with Crippen LogP contribution in [0.3, 0.4) is 0 Å². The van der Waals surface area contributed by atoms with Crippen LogP contribution < -0.4 is 16.0 Å². The summed E-state index contributed by atoms with van der Waals surface area (Å²) in [6, 6.07) is -0.740. The van der Waals surface area contributed by atoms with Crippen LogP contribution in [0.4, 0.5) is 4.79 Å². The van der Waals surface area contributed by atoms with E-state index in [-0.39, 0.29) is 17.9 Å². The van der Waals surface area contributed by atoms with Gasteiger partial charge in [0.2, 0.25) is 5.91 Å². The molecule has 0 aromatic carbocycles. The van der Waals surface area contributed by atoms with Crippen LogP contribution in [0.5, 0.6) is 0 Å². The summed E-state index contributed by atoms with van der Waals surface area (Å²) < 4.78 is 0. The predicted molar refractivity (Wildman–Crippen MR) is 84.7 cm³/mol. The Labute approximate surface area is 136 Å². The molecule has 3 fully saturated rings. The average Bonchev–Trinajstić information content (AvgIpc) is 3.05. The molecule has 128 valence electrons. The lowest BCUT2D eigenvalue weighted by molar-refractivity contribution is -0.138. The number of piperidine rings is 1. The first-order valence-electron chi connectivity index (χ1n) is 8.62. The molecule has 7 nitrogen and oxygen atoms in total. The van der Waals surface area contributed by atoms with Gasteiger partial charge in [0.25, 0.3) is 5.91 Å². The SMILES string of the molecule is CC1CC(NC(=O)C(C)N2C(=O)NC3(CCCC3)C2=O)CCN1. The van der Waals surface area contributed by atoms with E-state index in [1.165, 1.54) is 0 Å². The Bertz CT molecular complexity index is 515. The minimum atomic E-state index is -0.771. The molecule has 23 heavy (non-hydrogen) atoms. The van der Waals surface area contributed by atoms with Crippen LogP contribution in [-0.2, 0) is 9.59 Å². The van der Waals surface area contributed by atoms with E-state index >= 15 is 0 Å². The van der Waals surface area contributed by atoms with Crippen molar-refractivity contribution in [3.05, 3.63) is 0 Å². The number of rotatable bonds is 3. The highest BCUT2D eigenvalue weighted by Crippen LogP contribution is 2.35. The summed E-state index contributed by atoms with van der Waals surface area (Å²) in [6.45, 7) is 4.58. The topological polar surface area (TPSA) is 90.5 Å². The third kappa shape index (κ3) is 2.94. The van der Waals surface area contributed by atoms with E-state index in [0.29, 0.717) is 18.9 Å². The van der Waals surface area contributed by atoms with Crippen molar-refractivity contribution in [2.45, 2.75) is 76.0 Å². The number of urea groups is 1. The second-order valence-electron chi connectivity index (χ2n) is 7.16. The molecule has 2 aliphatic heterocycles. The fraction of sp³-hybridized carbons (Fsp3) is 0.812. The maximum Gasteiger partial charge on any atom is 0.325 e. The Morgan fingerprint density at radius 3 is 2.70 bits per heavy atom. The average molecular weight is 322 g/mol. The van der Waals surface area contributed by atoms with Crippen LogP contribution >= 0.6 is 0 Å². The number of hydrogen-bond donors (Lipinski definition) is 3. The number of hydrogen-bond acceptors (Lipinski definition) is 4. The van der Waals surface area contributed by atoms with Crippen LogP contribution in [0.15, 0.2) is 0 Å². The van der Waals surface area contributed by atoms with Gasteiger partial charge in [-0.15, -0.1) is 0 Å². The zero-order valence-electron chi connectivity index (χ0n) is 13.9. The first-order valence-corrected chi connectivity index (χ1v) is 8.62. The van der Waals surface area contributed by atoms with Crippen molar-refractivity contribution in [2.75, 3.05) is 6.54 Å². The Morgan fingerprint density at radius 1 is 1.35 bits per heavy atom. The maximum atomic E-state index is 12.7. The molecule has 3 unspecified atom stereocenters. The van der Waals surface area contributed by atoms with E-state index in [4.69, 9.17) is 0 Å². The predicted octanol–water partition coefficient (Wildman–Crippen LogP) is 0.496. The van der Waals surface area contributed by atoms with Gasteiger partial charge in [0.15, 0.2) is 0 Å². The first kappa shape index (κ1) is 16.2. The molecule has 4 amide bonds. The molecule has 1 spiro atoms. The Balaban J connectivity index is 1.65. The van der Waals surface area contributed by atoms with Gasteiger partial charge in [-0.25, -0.2) is 9.69 Å². The highest BCUT2D eigenvalue weighted by Gasteiger charge is 2.54. The van der Waals surface area contributed by atoms with Gasteiger partial charge < -0.3 is 16.0 Å². The summed E-state index contributed by atoms with van der Waals surface area (Å²) in [6.07, 6.45) is 4.96. The van der Waals surface area contributed by atoms with Gasteiger partial charge >= 0.3 is 6.03 Å². The molecular formula is C16H26N4O3. The maximum absolute atomic E-state index is 12.7. The van der Waals surface area contributed by atoms with Gasteiger partial charge in [0.1, 0.15) is 11.6 Å². The Hall–Kier alpha value is -1.63. The number of nitrogens with one attached hydrogen (secondary N) is 3. The summed E-state index contributed by atoms with van der Waals surface area (Å²) in [4.78, 5) is 38.5. The molecule has 1 saturated carbocycles. The number of carbonyl (C=O) groups is 3. The summed E-state index contributed by atoms with van der Waals surface area (Å²) in [7, 11) is 0. The molecule has 2 heterocycles. The molecule has 1 aliphatic carbocycles. The molecule has 0 radical (unpaired) electrons. The molecule has 3 N–H and O–H groups in total. The summed E-state index contributed by atoms with van der Waals surface area (Å²) >= 11 is 0. The van der Waals surface area contributed by atoms with Crippen molar-refractivity contribution in [3.63, 3.8) is 0 Å². The van der Waals surface area contributed by atoms with Crippen LogP contribution in [0.25, 0.3) is 0 Å². The lowest BCUT2D eigenvalue weighted by atomic mass is 9.97. The summed E-state index contributed by atoms with van der Waals surface area (Å²) in [5, 5.41) is 9.15. The van der Waals surface area contributed by atoms with Crippen molar-refractivity contribution in [1.82, 2.24) is 20.9 Å². The van der Waals surface area contributed by atoms with Gasteiger partial charge in [-0.3, -0.25) is 9.59 Å². The molecule has 2 saturated heterocycles. The number of carbonyl (C=O) groups excluding carboxylic acids is 3. The minimum absolute atomic E-state index is 0.0995. The van der Waals surface area contributed by atoms with E-state index in [1.807, 2.05) is 0 Å². The zero-order chi connectivity index (χ0) is 16.6. The molecule has 0 aromatic heterocycles. The molecule has 3 aliphatic rings. The van der Waals surface area contributed by atoms with Gasteiger partial charge in [0, 0.05) is 12.1 Å². The van der Waals surface area contributed by atoms with Gasteiger partial charge in [-0.1, -0.05) is 12.8 Å². The van der Waals surface area contributed by atoms with Crippen LogP contribution in [0.2, 0.25) is 0 Å². The van der Waals surface area contributed by atoms with E-state index in [2.05, 4.69) is 22.9 Å². The molecular weight excluding hydrogens is 296 g/mol. The molecule has 0 bridgehead atoms. The van der Waals surface area contributed by atoms with Crippen LogP contribution in [0.1, 0.15) is 52.4 Å². The second-order valence-corrected chi connectivity index (χ2v) is 7.16. The zero-order valence-corrected chi connectivity index (χ0v) is 13.9. The van der Waals surface area contributed by atoms with Crippen molar-refractivity contribution >= 4 is 17.8 Å². The minimum Gasteiger partial charge on any atom is -0.351 e. The lowest BCUT2D eigenvalue weighted by Crippen LogP contribution is -2.54. The Morgan fingerprint density at radius 2 is 2.04 bits per heavy atom. The lowest BCUT2D eigenvalue weighted by Gasteiger charge is -2.30. The van der Waals surface area contributed by atoms with Gasteiger partial charge in [0.05, 0.1) is 0 Å². The van der Waals surface area contributed by atoms with E-state index in [1.54, 1.807) is 6.92 Å². The molecule has 7 heteroatoms. The van der Waals surface area contributed by atoms with Crippen LogP contribution in [-0.4, -0.2) is 53.0 Å². The summed E-state index contributed by atoms with van der Waals surface area (Å²) in [5.41, 5.74) is -0.755. The standard InChI is InChI=1S/C16H26N4O3/c1-10-9-12(5-8-17-10)18-13(21)11(2)20-14(22)16(19-15(20)23)6-3-4-7-16/h10-12,17H,3-9H2,1-2H3,(H,18,21)(H,19,23). The number of amides is 4. The van der Waals surface area contributed by atoms with Crippen molar-refractivity contribution in [1.29, 1.82) is 0 Å². The highest BCUT2D eigenvalue weighted by atomic mass is 16.2. The molecule has 3 atom stereocenters.